The fraction of sp³-hybridized carbons (Fsp3) is 0.571. The monoisotopic (exact) mass is 263 g/mol. The Bertz CT molecular complexity index is 560. The van der Waals surface area contributed by atoms with E-state index in [9.17, 15) is 0 Å². The van der Waals surface area contributed by atoms with Gasteiger partial charge in [-0.3, -0.25) is 0 Å². The average molecular weight is 263 g/mol. The van der Waals surface area contributed by atoms with Crippen molar-refractivity contribution in [2.24, 2.45) is 0 Å². The summed E-state index contributed by atoms with van der Waals surface area (Å²) in [5.41, 5.74) is 1.31. The molecule has 0 aliphatic heterocycles. The summed E-state index contributed by atoms with van der Waals surface area (Å²) in [6, 6.07) is 0. The van der Waals surface area contributed by atoms with E-state index in [1.54, 1.807) is 11.3 Å². The molecule has 1 atom stereocenters. The maximum Gasteiger partial charge on any atom is 0.138 e. The Morgan fingerprint density at radius 1 is 1.22 bits per heavy atom. The smallest absolute Gasteiger partial charge is 0.138 e. The SMILES string of the molecule is CCNc1nc(C(C)CC)nc2sc(C)c(C)c12. The van der Waals surface area contributed by atoms with Crippen molar-refractivity contribution in [3.05, 3.63) is 16.3 Å². The number of hydrogen-bond donors (Lipinski definition) is 1. The lowest BCUT2D eigenvalue weighted by molar-refractivity contribution is 0.684. The molecule has 0 bridgehead atoms. The molecule has 98 valence electrons. The molecule has 0 amide bonds. The Hall–Kier alpha value is -1.16. The van der Waals surface area contributed by atoms with Gasteiger partial charge in [0.15, 0.2) is 0 Å². The number of thiophene rings is 1. The molecule has 4 heteroatoms. The van der Waals surface area contributed by atoms with Crippen LogP contribution in [-0.2, 0) is 0 Å². The van der Waals surface area contributed by atoms with Crippen LogP contribution in [0.4, 0.5) is 5.82 Å². The first kappa shape index (κ1) is 13.3. The van der Waals surface area contributed by atoms with Crippen molar-refractivity contribution < 1.29 is 0 Å². The average Bonchev–Trinajstić information content (AvgIpc) is 2.64. The van der Waals surface area contributed by atoms with Crippen LogP contribution in [0.1, 0.15) is 49.4 Å². The van der Waals surface area contributed by atoms with Gasteiger partial charge in [0.05, 0.1) is 5.39 Å². The summed E-state index contributed by atoms with van der Waals surface area (Å²) >= 11 is 1.77. The highest BCUT2D eigenvalue weighted by atomic mass is 32.1. The van der Waals surface area contributed by atoms with Crippen LogP contribution >= 0.6 is 11.3 Å². The number of hydrogen-bond acceptors (Lipinski definition) is 4. The molecule has 0 saturated heterocycles. The molecule has 2 aromatic rings. The van der Waals surface area contributed by atoms with E-state index in [2.05, 4.69) is 39.9 Å². The van der Waals surface area contributed by atoms with Crippen molar-refractivity contribution in [3.63, 3.8) is 0 Å². The molecule has 0 spiro atoms. The molecule has 2 aromatic heterocycles. The lowest BCUT2D eigenvalue weighted by Crippen LogP contribution is -2.06. The second kappa shape index (κ2) is 5.22. The number of nitrogens with one attached hydrogen (secondary N) is 1. The standard InChI is InChI=1S/C14H21N3S/c1-6-8(3)12-16-13(15-7-2)11-9(4)10(5)18-14(11)17-12/h8H,6-7H2,1-5H3,(H,15,16,17). The van der Waals surface area contributed by atoms with Crippen LogP contribution in [0.15, 0.2) is 0 Å². The summed E-state index contributed by atoms with van der Waals surface area (Å²) in [5.74, 6) is 2.37. The van der Waals surface area contributed by atoms with Gasteiger partial charge in [0.1, 0.15) is 16.5 Å². The number of rotatable bonds is 4. The van der Waals surface area contributed by atoms with E-state index < -0.39 is 0 Å². The highest BCUT2D eigenvalue weighted by Gasteiger charge is 2.16. The second-order valence-corrected chi connectivity index (χ2v) is 5.94. The maximum atomic E-state index is 4.74. The normalized spacial score (nSPS) is 12.9. The largest absolute Gasteiger partial charge is 0.370 e. The summed E-state index contributed by atoms with van der Waals surface area (Å²) in [4.78, 5) is 11.9. The van der Waals surface area contributed by atoms with Crippen molar-refractivity contribution in [2.45, 2.75) is 47.0 Å². The molecule has 0 aliphatic carbocycles. The molecule has 1 N–H and O–H groups in total. The van der Waals surface area contributed by atoms with Gasteiger partial charge in [0.2, 0.25) is 0 Å². The van der Waals surface area contributed by atoms with Crippen LogP contribution in [0, 0.1) is 13.8 Å². The molecular weight excluding hydrogens is 242 g/mol. The van der Waals surface area contributed by atoms with Crippen LogP contribution < -0.4 is 5.32 Å². The van der Waals surface area contributed by atoms with Gasteiger partial charge in [-0.1, -0.05) is 13.8 Å². The van der Waals surface area contributed by atoms with Crippen molar-refractivity contribution >= 4 is 27.4 Å². The van der Waals surface area contributed by atoms with E-state index in [1.807, 2.05) is 0 Å². The summed E-state index contributed by atoms with van der Waals surface area (Å²) in [6.45, 7) is 11.7. The Morgan fingerprint density at radius 3 is 2.56 bits per heavy atom. The lowest BCUT2D eigenvalue weighted by Gasteiger charge is -2.11. The van der Waals surface area contributed by atoms with Crippen LogP contribution in [-0.4, -0.2) is 16.5 Å². The van der Waals surface area contributed by atoms with E-state index in [0.29, 0.717) is 5.92 Å². The topological polar surface area (TPSA) is 37.8 Å². The van der Waals surface area contributed by atoms with Crippen molar-refractivity contribution in [1.29, 1.82) is 0 Å². The van der Waals surface area contributed by atoms with E-state index in [1.165, 1.54) is 15.8 Å². The van der Waals surface area contributed by atoms with Gasteiger partial charge in [-0.2, -0.15) is 0 Å². The molecule has 0 aromatic carbocycles. The molecule has 3 nitrogen and oxygen atoms in total. The number of nitrogens with zero attached hydrogens (tertiary/aromatic N) is 2. The van der Waals surface area contributed by atoms with Gasteiger partial charge in [0, 0.05) is 17.3 Å². The van der Waals surface area contributed by atoms with E-state index in [0.717, 1.165) is 29.4 Å². The van der Waals surface area contributed by atoms with Crippen molar-refractivity contribution in [2.75, 3.05) is 11.9 Å². The Labute approximate surface area is 113 Å². The molecule has 0 aliphatic rings. The number of fused-ring (bicyclic) bond motifs is 1. The second-order valence-electron chi connectivity index (χ2n) is 4.73. The third-order valence-electron chi connectivity index (χ3n) is 3.44. The zero-order valence-electron chi connectivity index (χ0n) is 11.8. The first-order chi connectivity index (χ1) is 8.58. The summed E-state index contributed by atoms with van der Waals surface area (Å²) in [7, 11) is 0. The van der Waals surface area contributed by atoms with Crippen LogP contribution in [0.25, 0.3) is 10.2 Å². The molecule has 2 rings (SSSR count). The first-order valence-corrected chi connectivity index (χ1v) is 7.41. The summed E-state index contributed by atoms with van der Waals surface area (Å²) in [5, 5.41) is 4.58. The van der Waals surface area contributed by atoms with Gasteiger partial charge in [-0.05, 0) is 32.8 Å². The van der Waals surface area contributed by atoms with Crippen LogP contribution in [0.2, 0.25) is 0 Å². The number of aryl methyl sites for hydroxylation is 2. The quantitative estimate of drug-likeness (QED) is 0.896. The third-order valence-corrected chi connectivity index (χ3v) is 4.54. The zero-order chi connectivity index (χ0) is 13.3. The lowest BCUT2D eigenvalue weighted by atomic mass is 10.1. The van der Waals surface area contributed by atoms with Crippen LogP contribution in [0.3, 0.4) is 0 Å². The minimum atomic E-state index is 0.412. The Kier molecular flexibility index (Phi) is 3.85. The Balaban J connectivity index is 2.66. The number of aromatic nitrogens is 2. The van der Waals surface area contributed by atoms with Crippen molar-refractivity contribution in [1.82, 2.24) is 9.97 Å². The minimum Gasteiger partial charge on any atom is -0.370 e. The Morgan fingerprint density at radius 2 is 1.94 bits per heavy atom. The summed E-state index contributed by atoms with van der Waals surface area (Å²) < 4.78 is 0. The first-order valence-electron chi connectivity index (χ1n) is 6.59. The van der Waals surface area contributed by atoms with Gasteiger partial charge in [0.25, 0.3) is 0 Å². The molecule has 1 unspecified atom stereocenters. The number of anilines is 1. The highest BCUT2D eigenvalue weighted by molar-refractivity contribution is 7.18. The molecule has 0 fully saturated rings. The molecular formula is C14H21N3S. The fourth-order valence-corrected chi connectivity index (χ4v) is 3.00. The minimum absolute atomic E-state index is 0.412. The van der Waals surface area contributed by atoms with Crippen molar-refractivity contribution in [3.8, 4) is 0 Å². The predicted molar refractivity (Wildman–Crippen MR) is 79.8 cm³/mol. The molecule has 0 saturated carbocycles. The zero-order valence-corrected chi connectivity index (χ0v) is 12.6. The van der Waals surface area contributed by atoms with Gasteiger partial charge in [-0.25, -0.2) is 9.97 Å². The molecule has 18 heavy (non-hydrogen) atoms. The van der Waals surface area contributed by atoms with Crippen LogP contribution in [0.5, 0.6) is 0 Å². The van der Waals surface area contributed by atoms with E-state index in [-0.39, 0.29) is 0 Å². The van der Waals surface area contributed by atoms with E-state index >= 15 is 0 Å². The predicted octanol–water partition coefficient (Wildman–Crippen LogP) is 4.25. The fourth-order valence-electron chi connectivity index (χ4n) is 1.96. The van der Waals surface area contributed by atoms with Gasteiger partial charge < -0.3 is 5.32 Å². The van der Waals surface area contributed by atoms with E-state index in [4.69, 9.17) is 9.97 Å². The van der Waals surface area contributed by atoms with Gasteiger partial charge in [-0.15, -0.1) is 11.3 Å². The van der Waals surface area contributed by atoms with Gasteiger partial charge >= 0.3 is 0 Å². The molecule has 0 radical (unpaired) electrons. The summed E-state index contributed by atoms with van der Waals surface area (Å²) in [6.07, 6.45) is 1.07. The molecule has 2 heterocycles. The highest BCUT2D eigenvalue weighted by Crippen LogP contribution is 2.34. The maximum absolute atomic E-state index is 4.74. The third kappa shape index (κ3) is 2.21.